The number of piperidine rings is 2. The largest absolute Gasteiger partial charge is 0.494 e. The topological polar surface area (TPSA) is 175 Å². The molecule has 2 saturated heterocycles. The number of nitrogens with zero attached hydrogens (tertiary/aromatic N) is 4. The van der Waals surface area contributed by atoms with Gasteiger partial charge in [-0.15, -0.1) is 11.8 Å². The Kier molecular flexibility index (Phi) is 14.4. The van der Waals surface area contributed by atoms with Crippen molar-refractivity contribution in [1.82, 2.24) is 25.5 Å². The van der Waals surface area contributed by atoms with Gasteiger partial charge in [0.2, 0.25) is 23.7 Å². The number of hydrogen-bond donors (Lipinski definition) is 4. The van der Waals surface area contributed by atoms with Crippen LogP contribution in [0.25, 0.3) is 0 Å². The summed E-state index contributed by atoms with van der Waals surface area (Å²) in [6, 6.07) is 18.5. The molecule has 0 radical (unpaired) electrons. The molecule has 3 aromatic carbocycles. The van der Waals surface area contributed by atoms with Gasteiger partial charge in [-0.05, 0) is 86.8 Å². The van der Waals surface area contributed by atoms with Crippen molar-refractivity contribution in [3.8, 4) is 5.75 Å². The SMILES string of the molecule is COc1cc(N2CCC(NC(=O)CCCCCCSc3cccc4c3C(=O)N(C3CCC(=O)NC3=O)C4=O)CC2)ccc1Nc1ncc(Cl)c(Nc2ccccc2P(C)C)n1. The van der Waals surface area contributed by atoms with E-state index < -0.39 is 29.7 Å². The molecule has 0 spiro atoms. The summed E-state index contributed by atoms with van der Waals surface area (Å²) < 4.78 is 5.77. The molecule has 3 aliphatic heterocycles. The molecule has 1 atom stereocenters. The zero-order valence-corrected chi connectivity index (χ0v) is 36.9. The van der Waals surface area contributed by atoms with Gasteiger partial charge >= 0.3 is 0 Å². The van der Waals surface area contributed by atoms with Crippen LogP contribution < -0.4 is 36.2 Å². The highest BCUT2D eigenvalue weighted by atomic mass is 35.5. The molecule has 1 aromatic heterocycles. The molecule has 0 saturated carbocycles. The molecule has 2 fully saturated rings. The van der Waals surface area contributed by atoms with E-state index in [1.54, 1.807) is 25.4 Å². The van der Waals surface area contributed by atoms with Crippen molar-refractivity contribution in [2.24, 2.45) is 0 Å². The number of thioether (sulfide) groups is 1. The number of ether oxygens (including phenoxy) is 1. The fourth-order valence-electron chi connectivity index (χ4n) is 7.82. The molecule has 5 amide bonds. The van der Waals surface area contributed by atoms with Crippen molar-refractivity contribution >= 4 is 95.0 Å². The van der Waals surface area contributed by atoms with Crippen molar-refractivity contribution in [2.45, 2.75) is 74.8 Å². The van der Waals surface area contributed by atoms with Gasteiger partial charge in [-0.2, -0.15) is 4.98 Å². The number of unbranched alkanes of at least 4 members (excludes halogenated alkanes) is 3. The molecule has 3 aliphatic rings. The van der Waals surface area contributed by atoms with Crippen LogP contribution >= 0.6 is 31.3 Å². The molecule has 14 nitrogen and oxygen atoms in total. The number of hydrogen-bond acceptors (Lipinski definition) is 12. The maximum Gasteiger partial charge on any atom is 0.263 e. The number of nitrogens with one attached hydrogen (secondary N) is 4. The highest BCUT2D eigenvalue weighted by molar-refractivity contribution is 7.99. The first-order chi connectivity index (χ1) is 29.5. The molecule has 320 valence electrons. The van der Waals surface area contributed by atoms with Gasteiger partial charge in [0.15, 0.2) is 5.82 Å². The second-order valence-corrected chi connectivity index (χ2v) is 19.2. The van der Waals surface area contributed by atoms with Crippen molar-refractivity contribution in [1.29, 1.82) is 0 Å². The first kappa shape index (κ1) is 43.8. The fourth-order valence-corrected chi connectivity index (χ4v) is 10.0. The van der Waals surface area contributed by atoms with E-state index in [-0.39, 0.29) is 38.3 Å². The fraction of sp³-hybridized carbons (Fsp3) is 0.386. The summed E-state index contributed by atoms with van der Waals surface area (Å²) in [6.07, 6.45) is 7.43. The molecule has 0 aliphatic carbocycles. The Hall–Kier alpha value is -5.24. The third-order valence-corrected chi connectivity index (χ3v) is 13.8. The smallest absolute Gasteiger partial charge is 0.263 e. The number of amides is 5. The minimum Gasteiger partial charge on any atom is -0.494 e. The van der Waals surface area contributed by atoms with Crippen LogP contribution in [0.2, 0.25) is 5.02 Å². The summed E-state index contributed by atoms with van der Waals surface area (Å²) in [5, 5.41) is 13.8. The number of benzene rings is 3. The monoisotopic (exact) mass is 884 g/mol. The Bertz CT molecular complexity index is 2310. The van der Waals surface area contributed by atoms with Crippen LogP contribution in [0.4, 0.5) is 28.8 Å². The first-order valence-corrected chi connectivity index (χ1v) is 24.1. The number of aromatic nitrogens is 2. The maximum absolute atomic E-state index is 13.3. The molecule has 7 rings (SSSR count). The molecule has 1 unspecified atom stereocenters. The highest BCUT2D eigenvalue weighted by Gasteiger charge is 2.45. The number of rotatable bonds is 17. The van der Waals surface area contributed by atoms with Crippen molar-refractivity contribution in [2.75, 3.05) is 54.8 Å². The van der Waals surface area contributed by atoms with Crippen molar-refractivity contribution in [3.63, 3.8) is 0 Å². The van der Waals surface area contributed by atoms with Crippen molar-refractivity contribution < 1.29 is 28.7 Å². The lowest BCUT2D eigenvalue weighted by atomic mass is 10.0. The summed E-state index contributed by atoms with van der Waals surface area (Å²) in [7, 11) is 1.30. The first-order valence-electron chi connectivity index (χ1n) is 20.5. The number of fused-ring (bicyclic) bond motifs is 1. The predicted octanol–water partition coefficient (Wildman–Crippen LogP) is 7.22. The lowest BCUT2D eigenvalue weighted by molar-refractivity contribution is -0.136. The molecular formula is C44H50ClN8O6PS. The normalized spacial score (nSPS) is 16.8. The molecular weight excluding hydrogens is 835 g/mol. The zero-order valence-electron chi connectivity index (χ0n) is 34.5. The Balaban J connectivity index is 0.816. The van der Waals surface area contributed by atoms with Crippen LogP contribution in [0.1, 0.15) is 78.5 Å². The molecule has 0 bridgehead atoms. The number of carbonyl (C=O) groups excluding carboxylic acids is 5. The van der Waals surface area contributed by atoms with Crippen LogP contribution in [0, 0.1) is 0 Å². The van der Waals surface area contributed by atoms with Gasteiger partial charge in [0.25, 0.3) is 11.8 Å². The molecule has 4 heterocycles. The van der Waals surface area contributed by atoms with Crippen LogP contribution in [0.15, 0.2) is 71.8 Å². The second-order valence-electron chi connectivity index (χ2n) is 15.4. The number of methoxy groups -OCH3 is 1. The average molecular weight is 885 g/mol. The summed E-state index contributed by atoms with van der Waals surface area (Å²) in [5.74, 6) is 0.353. The number of imide groups is 2. The molecule has 4 aromatic rings. The summed E-state index contributed by atoms with van der Waals surface area (Å²) >= 11 is 8.01. The maximum atomic E-state index is 13.3. The quantitative estimate of drug-likeness (QED) is 0.0363. The molecule has 17 heteroatoms. The van der Waals surface area contributed by atoms with E-state index in [1.807, 2.05) is 42.5 Å². The van der Waals surface area contributed by atoms with Gasteiger partial charge in [-0.3, -0.25) is 34.2 Å². The van der Waals surface area contributed by atoms with E-state index in [0.29, 0.717) is 39.4 Å². The van der Waals surface area contributed by atoms with Crippen molar-refractivity contribution in [3.05, 3.63) is 83.0 Å². The lowest BCUT2D eigenvalue weighted by Gasteiger charge is -2.34. The third kappa shape index (κ3) is 10.5. The van der Waals surface area contributed by atoms with Gasteiger partial charge in [-0.25, -0.2) is 4.98 Å². The standard InChI is InChI=1S/C44H50ClN8O6PS/c1-59-34-25-28(16-17-31(34)49-44-46-26-30(45)40(51-44)48-32-12-7-8-13-35(32)60(2)3)52-22-20-27(21-23-52)47-37(54)15-6-4-5-9-24-61-36-14-10-11-29-39(36)43(58)53(42(29)57)33-18-19-38(55)50-41(33)56/h7-8,10-14,16-17,25-27,33H,4-6,9,15,18-24H2,1-3H3,(H,47,54)(H,50,55,56)(H2,46,48,49,51). The van der Waals surface area contributed by atoms with Gasteiger partial charge in [0.05, 0.1) is 30.1 Å². The van der Waals surface area contributed by atoms with Gasteiger partial charge < -0.3 is 25.6 Å². The molecule has 61 heavy (non-hydrogen) atoms. The highest BCUT2D eigenvalue weighted by Crippen LogP contribution is 2.36. The minimum atomic E-state index is -0.985. The molecule has 4 N–H and O–H groups in total. The lowest BCUT2D eigenvalue weighted by Crippen LogP contribution is -2.54. The van der Waals surface area contributed by atoms with E-state index in [9.17, 15) is 24.0 Å². The average Bonchev–Trinajstić information content (AvgIpc) is 3.51. The van der Waals surface area contributed by atoms with E-state index in [2.05, 4.69) is 55.5 Å². The van der Waals surface area contributed by atoms with Crippen LogP contribution in [0.3, 0.4) is 0 Å². The summed E-state index contributed by atoms with van der Waals surface area (Å²) in [4.78, 5) is 76.4. The van der Waals surface area contributed by atoms with Gasteiger partial charge in [0, 0.05) is 54.3 Å². The Morgan fingerprint density at radius 1 is 0.934 bits per heavy atom. The Morgan fingerprint density at radius 2 is 1.72 bits per heavy atom. The summed E-state index contributed by atoms with van der Waals surface area (Å²) in [6.45, 7) is 6.01. The minimum absolute atomic E-state index is 0.0706. The Labute approximate surface area is 366 Å². The summed E-state index contributed by atoms with van der Waals surface area (Å²) in [5.41, 5.74) is 3.33. The van der Waals surface area contributed by atoms with Crippen LogP contribution in [0.5, 0.6) is 5.75 Å². The number of halogens is 1. The number of anilines is 5. The van der Waals surface area contributed by atoms with Crippen LogP contribution in [-0.2, 0) is 14.4 Å². The van der Waals surface area contributed by atoms with Crippen LogP contribution in [-0.4, -0.2) is 95.8 Å². The van der Waals surface area contributed by atoms with Gasteiger partial charge in [-0.1, -0.05) is 56.6 Å². The number of carbonyl (C=O) groups is 5. The zero-order chi connectivity index (χ0) is 43.0. The van der Waals surface area contributed by atoms with E-state index in [4.69, 9.17) is 16.3 Å². The van der Waals surface area contributed by atoms with E-state index in [0.717, 1.165) is 79.3 Å². The van der Waals surface area contributed by atoms with Gasteiger partial charge in [0.1, 0.15) is 16.8 Å². The predicted molar refractivity (Wildman–Crippen MR) is 242 cm³/mol. The Morgan fingerprint density at radius 3 is 2.49 bits per heavy atom. The third-order valence-electron chi connectivity index (χ3n) is 11.0. The van der Waals surface area contributed by atoms with E-state index >= 15 is 0 Å². The second kappa shape index (κ2) is 20.1. The van der Waals surface area contributed by atoms with E-state index in [1.165, 1.54) is 17.1 Å². The number of para-hydroxylation sites is 1.